The Morgan fingerprint density at radius 3 is 2.57 bits per heavy atom. The number of amides is 1. The average molecular weight is 319 g/mol. The highest BCUT2D eigenvalue weighted by Gasteiger charge is 2.23. The highest BCUT2D eigenvalue weighted by molar-refractivity contribution is 5.75. The van der Waals surface area contributed by atoms with Gasteiger partial charge < -0.3 is 15.4 Å². The number of ether oxygens (including phenoxy) is 1. The molecule has 2 rings (SSSR count). The number of nitrogens with one attached hydrogen (secondary N) is 2. The number of rotatable bonds is 9. The minimum atomic E-state index is 0.137. The molecule has 0 spiro atoms. The second-order valence-corrected chi connectivity index (χ2v) is 6.04. The lowest BCUT2D eigenvalue weighted by atomic mass is 10.1. The zero-order chi connectivity index (χ0) is 16.5. The van der Waals surface area contributed by atoms with Crippen molar-refractivity contribution in [3.05, 3.63) is 29.8 Å². The predicted octanol–water partition coefficient (Wildman–Crippen LogP) is 1.95. The predicted molar refractivity (Wildman–Crippen MR) is 92.7 cm³/mol. The molecule has 0 radical (unpaired) electrons. The number of hydrogen-bond acceptors (Lipinski definition) is 4. The van der Waals surface area contributed by atoms with Gasteiger partial charge in [0.1, 0.15) is 5.75 Å². The molecule has 1 saturated heterocycles. The van der Waals surface area contributed by atoms with Crippen LogP contribution < -0.4 is 15.4 Å². The van der Waals surface area contributed by atoms with Gasteiger partial charge in [0.2, 0.25) is 5.91 Å². The summed E-state index contributed by atoms with van der Waals surface area (Å²) in [6, 6.07) is 8.45. The first-order chi connectivity index (χ1) is 11.2. The van der Waals surface area contributed by atoms with Crippen LogP contribution in [0.5, 0.6) is 5.75 Å². The molecule has 2 N–H and O–H groups in total. The van der Waals surface area contributed by atoms with E-state index in [0.717, 1.165) is 31.8 Å². The summed E-state index contributed by atoms with van der Waals surface area (Å²) >= 11 is 0. The molecule has 1 aliphatic heterocycles. The van der Waals surface area contributed by atoms with Crippen LogP contribution in [0, 0.1) is 0 Å². The Balaban J connectivity index is 1.95. The molecule has 1 heterocycles. The van der Waals surface area contributed by atoms with E-state index < -0.39 is 0 Å². The third-order valence-electron chi connectivity index (χ3n) is 4.41. The van der Waals surface area contributed by atoms with Crippen molar-refractivity contribution >= 4 is 5.91 Å². The van der Waals surface area contributed by atoms with Crippen LogP contribution in [0.15, 0.2) is 24.3 Å². The van der Waals surface area contributed by atoms with Crippen LogP contribution in [0.1, 0.15) is 37.3 Å². The minimum Gasteiger partial charge on any atom is -0.497 e. The zero-order valence-electron chi connectivity index (χ0n) is 14.3. The number of carbonyl (C=O) groups excluding carboxylic acids is 1. The number of hydrogen-bond donors (Lipinski definition) is 2. The van der Waals surface area contributed by atoms with Crippen molar-refractivity contribution in [2.75, 3.05) is 40.3 Å². The van der Waals surface area contributed by atoms with Gasteiger partial charge in [0.05, 0.1) is 13.2 Å². The van der Waals surface area contributed by atoms with Gasteiger partial charge in [-0.2, -0.15) is 0 Å². The molecule has 0 aromatic heterocycles. The van der Waals surface area contributed by atoms with Crippen LogP contribution in [-0.4, -0.2) is 51.1 Å². The molecule has 128 valence electrons. The molecule has 1 unspecified atom stereocenters. The average Bonchev–Trinajstić information content (AvgIpc) is 3.10. The van der Waals surface area contributed by atoms with E-state index in [1.807, 2.05) is 19.2 Å². The van der Waals surface area contributed by atoms with Crippen molar-refractivity contribution in [1.82, 2.24) is 15.5 Å². The van der Waals surface area contributed by atoms with Crippen LogP contribution in [0.3, 0.4) is 0 Å². The molecule has 0 bridgehead atoms. The largest absolute Gasteiger partial charge is 0.497 e. The summed E-state index contributed by atoms with van der Waals surface area (Å²) in [6.07, 6.45) is 3.93. The molecular formula is C18H29N3O2. The number of carbonyl (C=O) groups is 1. The molecule has 1 atom stereocenters. The first-order valence-electron chi connectivity index (χ1n) is 8.54. The summed E-state index contributed by atoms with van der Waals surface area (Å²) in [6.45, 7) is 3.75. The highest BCUT2D eigenvalue weighted by atomic mass is 16.5. The topological polar surface area (TPSA) is 53.6 Å². The number of benzene rings is 1. The fraction of sp³-hybridized carbons (Fsp3) is 0.611. The third kappa shape index (κ3) is 5.52. The maximum Gasteiger partial charge on any atom is 0.220 e. The van der Waals surface area contributed by atoms with E-state index in [1.54, 1.807) is 7.11 Å². The monoisotopic (exact) mass is 319 g/mol. The number of nitrogens with zero attached hydrogens (tertiary/aromatic N) is 1. The van der Waals surface area contributed by atoms with E-state index in [4.69, 9.17) is 4.74 Å². The normalized spacial score (nSPS) is 16.3. The van der Waals surface area contributed by atoms with E-state index in [0.29, 0.717) is 13.0 Å². The zero-order valence-corrected chi connectivity index (χ0v) is 14.3. The van der Waals surface area contributed by atoms with Crippen LogP contribution in [0.4, 0.5) is 0 Å². The Morgan fingerprint density at radius 2 is 1.96 bits per heavy atom. The second-order valence-electron chi connectivity index (χ2n) is 6.04. The lowest BCUT2D eigenvalue weighted by Crippen LogP contribution is -2.36. The van der Waals surface area contributed by atoms with Gasteiger partial charge in [-0.25, -0.2) is 0 Å². The molecule has 0 saturated carbocycles. The molecule has 23 heavy (non-hydrogen) atoms. The first-order valence-corrected chi connectivity index (χ1v) is 8.54. The standard InChI is InChI=1S/C18H29N3O2/c1-19-11-5-6-18(22)20-14-17(21-12-3-4-13-21)15-7-9-16(23-2)10-8-15/h7-10,17,19H,3-6,11-14H2,1-2H3,(H,20,22). The minimum absolute atomic E-state index is 0.137. The summed E-state index contributed by atoms with van der Waals surface area (Å²) in [5.74, 6) is 1.00. The molecule has 1 amide bonds. The van der Waals surface area contributed by atoms with Gasteiger partial charge in [0.15, 0.2) is 0 Å². The quantitative estimate of drug-likeness (QED) is 0.683. The summed E-state index contributed by atoms with van der Waals surface area (Å²) < 4.78 is 5.24. The fourth-order valence-corrected chi connectivity index (χ4v) is 3.06. The van der Waals surface area contributed by atoms with Gasteiger partial charge in [-0.05, 0) is 63.6 Å². The smallest absolute Gasteiger partial charge is 0.220 e. The van der Waals surface area contributed by atoms with Crippen molar-refractivity contribution in [2.24, 2.45) is 0 Å². The van der Waals surface area contributed by atoms with E-state index >= 15 is 0 Å². The molecule has 5 heteroatoms. The van der Waals surface area contributed by atoms with Gasteiger partial charge in [0, 0.05) is 13.0 Å². The van der Waals surface area contributed by atoms with Gasteiger partial charge in [0.25, 0.3) is 0 Å². The van der Waals surface area contributed by atoms with Gasteiger partial charge in [-0.1, -0.05) is 12.1 Å². The van der Waals surface area contributed by atoms with Crippen molar-refractivity contribution in [1.29, 1.82) is 0 Å². The van der Waals surface area contributed by atoms with Crippen molar-refractivity contribution in [3.63, 3.8) is 0 Å². The Hall–Kier alpha value is -1.59. The van der Waals surface area contributed by atoms with Crippen LogP contribution >= 0.6 is 0 Å². The van der Waals surface area contributed by atoms with E-state index in [9.17, 15) is 4.79 Å². The van der Waals surface area contributed by atoms with Crippen molar-refractivity contribution in [2.45, 2.75) is 31.7 Å². The molecule has 1 fully saturated rings. The van der Waals surface area contributed by atoms with Crippen molar-refractivity contribution < 1.29 is 9.53 Å². The first kappa shape index (κ1) is 17.8. The van der Waals surface area contributed by atoms with Crippen LogP contribution in [-0.2, 0) is 4.79 Å². The molecular weight excluding hydrogens is 290 g/mol. The highest BCUT2D eigenvalue weighted by Crippen LogP contribution is 2.26. The molecule has 5 nitrogen and oxygen atoms in total. The second kappa shape index (κ2) is 9.53. The summed E-state index contributed by atoms with van der Waals surface area (Å²) in [5, 5.41) is 6.18. The molecule has 1 aliphatic rings. The molecule has 1 aromatic rings. The lowest BCUT2D eigenvalue weighted by Gasteiger charge is -2.28. The van der Waals surface area contributed by atoms with Gasteiger partial charge >= 0.3 is 0 Å². The molecule has 0 aliphatic carbocycles. The van der Waals surface area contributed by atoms with Crippen LogP contribution in [0.25, 0.3) is 0 Å². The number of methoxy groups -OCH3 is 1. The van der Waals surface area contributed by atoms with E-state index in [1.165, 1.54) is 18.4 Å². The van der Waals surface area contributed by atoms with Gasteiger partial charge in [-0.3, -0.25) is 9.69 Å². The summed E-state index contributed by atoms with van der Waals surface area (Å²) in [7, 11) is 3.59. The van der Waals surface area contributed by atoms with Crippen molar-refractivity contribution in [3.8, 4) is 5.75 Å². The van der Waals surface area contributed by atoms with E-state index in [-0.39, 0.29) is 11.9 Å². The van der Waals surface area contributed by atoms with Gasteiger partial charge in [-0.15, -0.1) is 0 Å². The Morgan fingerprint density at radius 1 is 1.26 bits per heavy atom. The lowest BCUT2D eigenvalue weighted by molar-refractivity contribution is -0.121. The number of likely N-dealkylation sites (tertiary alicyclic amines) is 1. The van der Waals surface area contributed by atoms with E-state index in [2.05, 4.69) is 27.7 Å². The maximum atomic E-state index is 12.0. The Kier molecular flexibility index (Phi) is 7.36. The SMILES string of the molecule is CNCCCC(=O)NCC(c1ccc(OC)cc1)N1CCCC1. The third-order valence-corrected chi connectivity index (χ3v) is 4.41. The summed E-state index contributed by atoms with van der Waals surface area (Å²) in [4.78, 5) is 14.5. The summed E-state index contributed by atoms with van der Waals surface area (Å²) in [5.41, 5.74) is 1.24. The Labute approximate surface area is 139 Å². The van der Waals surface area contributed by atoms with Crippen LogP contribution in [0.2, 0.25) is 0 Å². The maximum absolute atomic E-state index is 12.0. The fourth-order valence-electron chi connectivity index (χ4n) is 3.06. The Bertz CT molecular complexity index is 470. The molecule has 1 aromatic carbocycles.